The summed E-state index contributed by atoms with van der Waals surface area (Å²) in [5, 5.41) is 18.9. The first-order valence-corrected chi connectivity index (χ1v) is 15.5. The molecular weight excluding hydrogens is 578 g/mol. The molecule has 0 aliphatic carbocycles. The number of aryl methyl sites for hydroxylation is 1. The molecule has 0 amide bonds. The zero-order valence-corrected chi connectivity index (χ0v) is 25.3. The first-order valence-electron chi connectivity index (χ1n) is 14.4. The highest BCUT2D eigenvalue weighted by atomic mass is 32.2. The number of aromatic nitrogens is 5. The summed E-state index contributed by atoms with van der Waals surface area (Å²) in [5.74, 6) is 1.67. The Bertz CT molecular complexity index is 1850. The van der Waals surface area contributed by atoms with E-state index in [9.17, 15) is 0 Å². The molecule has 2 saturated heterocycles. The Morgan fingerprint density at radius 3 is 2.57 bits per heavy atom. The van der Waals surface area contributed by atoms with Gasteiger partial charge in [0.2, 0.25) is 0 Å². The molecule has 44 heavy (non-hydrogen) atoms. The van der Waals surface area contributed by atoms with E-state index in [1.807, 2.05) is 75.4 Å². The van der Waals surface area contributed by atoms with E-state index in [0.717, 1.165) is 33.7 Å². The van der Waals surface area contributed by atoms with Crippen LogP contribution in [0.3, 0.4) is 0 Å². The predicted molar refractivity (Wildman–Crippen MR) is 165 cm³/mol. The summed E-state index contributed by atoms with van der Waals surface area (Å²) in [4.78, 5) is 8.81. The molecule has 5 heterocycles. The first-order chi connectivity index (χ1) is 21.3. The highest BCUT2D eigenvalue weighted by Crippen LogP contribution is 2.45. The van der Waals surface area contributed by atoms with Crippen LogP contribution in [0.2, 0.25) is 0 Å². The van der Waals surface area contributed by atoms with Crippen LogP contribution in [0.5, 0.6) is 0 Å². The molecule has 12 heteroatoms. The third-order valence-corrected chi connectivity index (χ3v) is 9.00. The highest BCUT2D eigenvalue weighted by Gasteiger charge is 2.56. The van der Waals surface area contributed by atoms with Crippen molar-refractivity contribution in [2.75, 3.05) is 11.5 Å². The maximum Gasteiger partial charge on any atom is 0.181 e. The van der Waals surface area contributed by atoms with Gasteiger partial charge in [0.1, 0.15) is 30.0 Å². The van der Waals surface area contributed by atoms with Crippen LogP contribution in [0, 0.1) is 18.3 Å². The van der Waals surface area contributed by atoms with Gasteiger partial charge in [0.05, 0.1) is 29.7 Å². The van der Waals surface area contributed by atoms with Crippen LogP contribution in [0.25, 0.3) is 33.6 Å². The van der Waals surface area contributed by atoms with E-state index in [1.54, 1.807) is 16.4 Å². The number of thioether (sulfide) groups is 1. The Labute approximate surface area is 258 Å². The molecule has 2 N–H and O–H groups in total. The molecule has 4 atom stereocenters. The number of fused-ring (bicyclic) bond motifs is 2. The summed E-state index contributed by atoms with van der Waals surface area (Å²) in [6.07, 6.45) is 0.148. The Kier molecular flexibility index (Phi) is 7.34. The van der Waals surface area contributed by atoms with Crippen molar-refractivity contribution in [2.45, 2.75) is 63.3 Å². The second kappa shape index (κ2) is 11.3. The van der Waals surface area contributed by atoms with E-state index < -0.39 is 18.1 Å². The lowest BCUT2D eigenvalue weighted by Gasteiger charge is -2.24. The Morgan fingerprint density at radius 1 is 1.02 bits per heavy atom. The van der Waals surface area contributed by atoms with Crippen LogP contribution in [-0.4, -0.2) is 54.8 Å². The van der Waals surface area contributed by atoms with Gasteiger partial charge in [-0.25, -0.2) is 14.6 Å². The Morgan fingerprint density at radius 2 is 1.80 bits per heavy atom. The molecule has 0 saturated carbocycles. The Hall–Kier alpha value is -4.28. The molecule has 0 spiro atoms. The molecule has 0 bridgehead atoms. The number of rotatable bonds is 8. The van der Waals surface area contributed by atoms with Crippen molar-refractivity contribution in [3.8, 4) is 28.7 Å². The fourth-order valence-corrected chi connectivity index (χ4v) is 7.05. The van der Waals surface area contributed by atoms with E-state index in [2.05, 4.69) is 21.2 Å². The summed E-state index contributed by atoms with van der Waals surface area (Å²) < 4.78 is 26.9. The zero-order chi connectivity index (χ0) is 30.4. The number of ether oxygens (including phenoxy) is 3. The minimum Gasteiger partial charge on any atom is -0.383 e. The number of nitrogens with two attached hydrogens (primary N) is 1. The van der Waals surface area contributed by atoms with Gasteiger partial charge in [0, 0.05) is 28.2 Å². The molecule has 2 aromatic carbocycles. The molecule has 5 aromatic rings. The minimum atomic E-state index is -0.789. The van der Waals surface area contributed by atoms with Gasteiger partial charge in [-0.3, -0.25) is 0 Å². The van der Waals surface area contributed by atoms with Gasteiger partial charge in [0.15, 0.2) is 23.4 Å². The summed E-state index contributed by atoms with van der Waals surface area (Å²) in [6, 6.07) is 19.9. The smallest absolute Gasteiger partial charge is 0.181 e. The third kappa shape index (κ3) is 5.11. The second-order valence-corrected chi connectivity index (χ2v) is 12.4. The van der Waals surface area contributed by atoms with Gasteiger partial charge >= 0.3 is 0 Å². The van der Waals surface area contributed by atoms with Crippen molar-refractivity contribution >= 4 is 28.6 Å². The highest BCUT2D eigenvalue weighted by molar-refractivity contribution is 7.98. The van der Waals surface area contributed by atoms with E-state index in [1.165, 1.54) is 6.33 Å². The zero-order valence-electron chi connectivity index (χ0n) is 24.5. The lowest BCUT2D eigenvalue weighted by Crippen LogP contribution is -2.31. The van der Waals surface area contributed by atoms with Crippen LogP contribution in [0.15, 0.2) is 65.4 Å². The molecule has 224 valence electrons. The lowest BCUT2D eigenvalue weighted by molar-refractivity contribution is -0.195. The van der Waals surface area contributed by atoms with Gasteiger partial charge in [-0.2, -0.15) is 22.1 Å². The van der Waals surface area contributed by atoms with Gasteiger partial charge < -0.3 is 24.5 Å². The summed E-state index contributed by atoms with van der Waals surface area (Å²) in [5.41, 5.74) is 12.2. The van der Waals surface area contributed by atoms with E-state index in [4.69, 9.17) is 34.8 Å². The van der Waals surface area contributed by atoms with E-state index >= 15 is 0 Å². The molecule has 7 rings (SSSR count). The molecule has 2 fully saturated rings. The van der Waals surface area contributed by atoms with Crippen LogP contribution in [0.1, 0.15) is 36.9 Å². The largest absolute Gasteiger partial charge is 0.383 e. The Balaban J connectivity index is 1.18. The number of nitrogen functional groups attached to an aromatic ring is 1. The number of hydrogen-bond donors (Lipinski definition) is 1. The molecular formula is C32H31N7O4S. The molecule has 3 aromatic heterocycles. The van der Waals surface area contributed by atoms with Crippen molar-refractivity contribution in [3.63, 3.8) is 0 Å². The quantitative estimate of drug-likeness (QED) is 0.239. The second-order valence-electron chi connectivity index (χ2n) is 11.4. The average molecular weight is 610 g/mol. The number of anilines is 1. The third-order valence-electron chi connectivity index (χ3n) is 7.94. The van der Waals surface area contributed by atoms with Crippen LogP contribution < -0.4 is 5.73 Å². The maximum atomic E-state index is 9.07. The van der Waals surface area contributed by atoms with Crippen LogP contribution >= 0.6 is 11.8 Å². The summed E-state index contributed by atoms with van der Waals surface area (Å²) in [6.45, 7) is 5.79. The van der Waals surface area contributed by atoms with Gasteiger partial charge in [-0.05, 0) is 26.3 Å². The van der Waals surface area contributed by atoms with Crippen LogP contribution in [0.4, 0.5) is 5.82 Å². The minimum absolute atomic E-state index is 0.274. The summed E-state index contributed by atoms with van der Waals surface area (Å²) in [7, 11) is 0. The van der Waals surface area contributed by atoms with Crippen molar-refractivity contribution in [2.24, 2.45) is 0 Å². The van der Waals surface area contributed by atoms with E-state index in [0.29, 0.717) is 40.5 Å². The van der Waals surface area contributed by atoms with Gasteiger partial charge in [0.25, 0.3) is 0 Å². The normalized spacial score (nSPS) is 22.3. The van der Waals surface area contributed by atoms with Gasteiger partial charge in [-0.15, -0.1) is 0 Å². The van der Waals surface area contributed by atoms with E-state index in [-0.39, 0.29) is 12.2 Å². The summed E-state index contributed by atoms with van der Waals surface area (Å²) >= 11 is 1.73. The van der Waals surface area contributed by atoms with Gasteiger partial charge in [-0.1, -0.05) is 59.8 Å². The van der Waals surface area contributed by atoms with Crippen molar-refractivity contribution in [1.82, 2.24) is 24.9 Å². The van der Waals surface area contributed by atoms with Crippen molar-refractivity contribution < 1.29 is 18.7 Å². The SMILES string of the molecule is Cc1noc(-c2ccccc2)c1CSC[C@H]1O[C@@H](n2nc(-c3ccc(CC#N)cc3)c3c(N)ncnc32)[C@@H]2OC(C)(C)O[C@@H]21. The topological polar surface area (TPSA) is 147 Å². The first kappa shape index (κ1) is 28.5. The van der Waals surface area contributed by atoms with Crippen LogP contribution in [-0.2, 0) is 26.4 Å². The monoisotopic (exact) mass is 609 g/mol. The number of nitriles is 1. The number of nitrogens with zero attached hydrogens (tertiary/aromatic N) is 6. The number of hydrogen-bond acceptors (Lipinski definition) is 11. The molecule has 0 radical (unpaired) electrons. The lowest BCUT2D eigenvalue weighted by atomic mass is 10.1. The fraction of sp³-hybridized carbons (Fsp3) is 0.344. The average Bonchev–Trinajstić information content (AvgIpc) is 3.75. The molecule has 2 aliphatic heterocycles. The molecule has 2 aliphatic rings. The van der Waals surface area contributed by atoms with Crippen molar-refractivity contribution in [1.29, 1.82) is 5.26 Å². The number of benzene rings is 2. The van der Waals surface area contributed by atoms with Crippen molar-refractivity contribution in [3.05, 3.63) is 77.7 Å². The molecule has 0 unspecified atom stereocenters. The predicted octanol–water partition coefficient (Wildman–Crippen LogP) is 5.46. The standard InChI is InChI=1S/C32H31N7O4S/c1-18-22(26(43-38-18)21-7-5-4-6-8-21)15-44-16-23-27-28(42-32(2,3)41-27)31(40-23)39-30-24(29(34)35-17-36-30)25(37-39)20-11-9-19(10-12-20)13-14-33/h4-12,17,23,27-28,31H,13,15-16H2,1-3H3,(H2,34,35,36)/t23-,27-,28-,31-/m1/s1. The fourth-order valence-electron chi connectivity index (χ4n) is 5.89. The molecule has 11 nitrogen and oxygen atoms in total. The maximum absolute atomic E-state index is 9.07.